The van der Waals surface area contributed by atoms with Crippen LogP contribution in [0.1, 0.15) is 136 Å². The highest BCUT2D eigenvalue weighted by Gasteiger charge is 2.57. The Kier molecular flexibility index (Phi) is 25.3. The molecule has 1 aliphatic carbocycles. The van der Waals surface area contributed by atoms with Crippen LogP contribution in [0.25, 0.3) is 0 Å². The van der Waals surface area contributed by atoms with Gasteiger partial charge in [0.2, 0.25) is 15.9 Å². The van der Waals surface area contributed by atoms with Crippen LogP contribution in [0, 0.1) is 10.8 Å². The van der Waals surface area contributed by atoms with Crippen molar-refractivity contribution in [1.82, 2.24) is 40.3 Å². The van der Waals surface area contributed by atoms with Crippen molar-refractivity contribution in [2.75, 3.05) is 60.0 Å². The first kappa shape index (κ1) is 76.5. The Morgan fingerprint density at radius 3 is 1.92 bits per heavy atom. The van der Waals surface area contributed by atoms with Gasteiger partial charge in [-0.15, -0.1) is 4.91 Å². The average molecular weight is 1330 g/mol. The second-order valence-electron chi connectivity index (χ2n) is 29.1. The van der Waals surface area contributed by atoms with E-state index in [0.717, 1.165) is 9.21 Å². The van der Waals surface area contributed by atoms with E-state index in [1.165, 1.54) is 44.3 Å². The van der Waals surface area contributed by atoms with Gasteiger partial charge in [0.05, 0.1) is 37.4 Å². The standard InChI is InChI=1S/C61H101N9O21S/c1-56(2,3)87-51(75)62-27-25-41(71)49(74)63-40-31-39(65-53(77)89-58(7,8)9)43(44(72)47(40)86-50-45(73)48(61(16,80)34-84-50)68(18)54(78)90-59(10,11)12)46-38(64-52(76)88-57(4,5)6)24-23-36(85-46)33-70(92(82,83)42-22-20-19-21-37(42)66-81)28-26-35-32-69(30-29-67(35)17)55(79)91-60(13,14)15/h19-23,35,38-41,43-48,50,71-73,80H,24-34H2,1-18H3,(H,62,75)(H,63,74)(H,64,76)(H,65,77)/t35?,38-,39+,40-,41+,43-,44+,45-,46?,47+,48-,50-,61+/m1/s1. The number of nitroso groups, excluding NO2 is 1. The molecule has 8 N–H and O–H groups in total. The summed E-state index contributed by atoms with van der Waals surface area (Å²) in [6.45, 7) is 25.3. The van der Waals surface area contributed by atoms with Crippen molar-refractivity contribution in [2.24, 2.45) is 11.1 Å². The minimum Gasteiger partial charge on any atom is -0.491 e. The summed E-state index contributed by atoms with van der Waals surface area (Å²) < 4.78 is 78.7. The van der Waals surface area contributed by atoms with E-state index in [0.29, 0.717) is 13.1 Å². The Morgan fingerprint density at radius 1 is 0.783 bits per heavy atom. The number of aliphatic hydroxyl groups is 4. The van der Waals surface area contributed by atoms with Gasteiger partial charge >= 0.3 is 30.5 Å². The summed E-state index contributed by atoms with van der Waals surface area (Å²) in [7, 11) is -1.57. The normalized spacial score (nSPS) is 27.2. The van der Waals surface area contributed by atoms with Crippen molar-refractivity contribution in [3.63, 3.8) is 0 Å². The lowest BCUT2D eigenvalue weighted by molar-refractivity contribution is -0.305. The van der Waals surface area contributed by atoms with Gasteiger partial charge in [-0.3, -0.25) is 9.69 Å². The molecule has 3 aliphatic heterocycles. The number of carbonyl (C=O) groups excluding carboxylic acids is 6. The number of ether oxygens (including phenoxy) is 8. The number of likely N-dealkylation sites (N-methyl/N-ethyl adjacent to an activating group) is 2. The van der Waals surface area contributed by atoms with Crippen LogP contribution in [0.5, 0.6) is 0 Å². The first-order valence-electron chi connectivity index (χ1n) is 30.9. The number of benzene rings is 1. The predicted molar refractivity (Wildman–Crippen MR) is 333 cm³/mol. The van der Waals surface area contributed by atoms with Gasteiger partial charge in [0.15, 0.2) is 6.29 Å². The first-order valence-corrected chi connectivity index (χ1v) is 32.3. The molecule has 2 unspecified atom stereocenters. The van der Waals surface area contributed by atoms with Crippen LogP contribution in [0.2, 0.25) is 0 Å². The van der Waals surface area contributed by atoms with Crippen LogP contribution < -0.4 is 21.3 Å². The van der Waals surface area contributed by atoms with Gasteiger partial charge in [-0.2, -0.15) is 4.31 Å². The number of hydrogen-bond acceptors (Lipinski definition) is 23. The van der Waals surface area contributed by atoms with Crippen LogP contribution in [0.4, 0.5) is 29.7 Å². The van der Waals surface area contributed by atoms with Crippen molar-refractivity contribution in [3.8, 4) is 0 Å². The van der Waals surface area contributed by atoms with Crippen molar-refractivity contribution in [2.45, 2.75) is 242 Å². The molecule has 4 aliphatic rings. The molecule has 0 aromatic heterocycles. The second kappa shape index (κ2) is 30.5. The third-order valence-electron chi connectivity index (χ3n) is 15.1. The quantitative estimate of drug-likeness (QED) is 0.0687. The monoisotopic (exact) mass is 1330 g/mol. The van der Waals surface area contributed by atoms with E-state index in [4.69, 9.17) is 37.9 Å². The lowest BCUT2D eigenvalue weighted by Crippen LogP contribution is -2.71. The smallest absolute Gasteiger partial charge is 0.410 e. The van der Waals surface area contributed by atoms with E-state index in [2.05, 4.69) is 26.4 Å². The Hall–Kier alpha value is -6.19. The number of rotatable bonds is 19. The highest BCUT2D eigenvalue weighted by molar-refractivity contribution is 7.89. The lowest BCUT2D eigenvalue weighted by atomic mass is 9.72. The number of amides is 6. The van der Waals surface area contributed by atoms with E-state index in [-0.39, 0.29) is 50.3 Å². The number of hydrogen-bond donors (Lipinski definition) is 8. The summed E-state index contributed by atoms with van der Waals surface area (Å²) in [4.78, 5) is 98.1. The van der Waals surface area contributed by atoms with Gasteiger partial charge in [-0.25, -0.2) is 32.4 Å². The van der Waals surface area contributed by atoms with Gasteiger partial charge in [0.1, 0.15) is 74.4 Å². The van der Waals surface area contributed by atoms with E-state index in [1.54, 1.807) is 109 Å². The highest BCUT2D eigenvalue weighted by Crippen LogP contribution is 2.40. The maximum absolute atomic E-state index is 15.1. The Morgan fingerprint density at radius 2 is 1.35 bits per heavy atom. The molecular formula is C61H101N9O21S. The van der Waals surface area contributed by atoms with Gasteiger partial charge in [0, 0.05) is 57.8 Å². The molecule has 1 aromatic rings. The summed E-state index contributed by atoms with van der Waals surface area (Å²) in [5, 5.41) is 62.5. The number of sulfonamides is 1. The topological polar surface area (TPSA) is 382 Å². The summed E-state index contributed by atoms with van der Waals surface area (Å²) in [6, 6.07) is -0.674. The molecule has 0 radical (unpaired) electrons. The van der Waals surface area contributed by atoms with E-state index in [9.17, 15) is 54.1 Å². The minimum absolute atomic E-state index is 0.0507. The van der Waals surface area contributed by atoms with Gasteiger partial charge in [-0.05, 0) is 167 Å². The summed E-state index contributed by atoms with van der Waals surface area (Å²) >= 11 is 0. The summed E-state index contributed by atoms with van der Waals surface area (Å²) in [5.74, 6) is -2.62. The fourth-order valence-corrected chi connectivity index (χ4v) is 12.6. The Bertz CT molecular complexity index is 2880. The maximum atomic E-state index is 15.1. The number of piperazine rings is 1. The van der Waals surface area contributed by atoms with Crippen LogP contribution in [-0.4, -0.2) is 245 Å². The third-order valence-corrected chi connectivity index (χ3v) is 17.0. The number of nitrogens with one attached hydrogen (secondary N) is 4. The fraction of sp³-hybridized carbons (Fsp3) is 0.770. The van der Waals surface area contributed by atoms with E-state index in [1.807, 2.05) is 11.9 Å². The molecule has 13 atom stereocenters. The molecule has 1 saturated carbocycles. The molecule has 31 heteroatoms. The SMILES string of the molecule is CN1CCN(C(=O)OC(C)(C)C)CC1CCN(CC1=CC[C@@H](NC(=O)OC(C)(C)C)C([C@H]2[C@H](O)[C@@H](O[C@H]3OC[C@](C)(O)[C@H](N(C)C(=O)OC(C)(C)C)[C@H]3O)[C@H](NC(=O)[C@@H](O)CCNC(=O)OC(C)(C)C)C[C@@H]2NC(=O)OC(C)(C)C)O1)S(=O)(=O)c1ccccc1N=O. The van der Waals surface area contributed by atoms with Crippen LogP contribution in [0.15, 0.2) is 46.2 Å². The number of nitrogens with zero attached hydrogens (tertiary/aromatic N) is 5. The summed E-state index contributed by atoms with van der Waals surface area (Å²) in [6.07, 6.45) is -14.6. The largest absolute Gasteiger partial charge is 0.491 e. The number of aliphatic hydroxyl groups excluding tert-OH is 3. The molecule has 30 nitrogen and oxygen atoms in total. The van der Waals surface area contributed by atoms with Crippen molar-refractivity contribution < 1.29 is 95.5 Å². The summed E-state index contributed by atoms with van der Waals surface area (Å²) in [5.41, 5.74) is -7.22. The van der Waals surface area contributed by atoms with Gasteiger partial charge < -0.3 is 89.4 Å². The maximum Gasteiger partial charge on any atom is 0.410 e. The van der Waals surface area contributed by atoms with E-state index < -0.39 is 177 Å². The third kappa shape index (κ3) is 22.2. The van der Waals surface area contributed by atoms with Crippen LogP contribution >= 0.6 is 0 Å². The molecule has 92 heavy (non-hydrogen) atoms. The average Bonchev–Trinajstić information content (AvgIpc) is 0.765. The zero-order valence-corrected chi connectivity index (χ0v) is 57.3. The molecule has 1 aromatic carbocycles. The predicted octanol–water partition coefficient (Wildman–Crippen LogP) is 4.71. The Balaban J connectivity index is 1.66. The second-order valence-corrected chi connectivity index (χ2v) is 31.0. The molecule has 5 rings (SSSR count). The van der Waals surface area contributed by atoms with Crippen molar-refractivity contribution in [1.29, 1.82) is 0 Å². The molecule has 0 spiro atoms. The lowest BCUT2D eigenvalue weighted by Gasteiger charge is -2.52. The first-order chi connectivity index (χ1) is 42.2. The van der Waals surface area contributed by atoms with Crippen molar-refractivity contribution in [3.05, 3.63) is 41.0 Å². The highest BCUT2D eigenvalue weighted by atomic mass is 32.2. The Labute approximate surface area is 540 Å². The minimum atomic E-state index is -4.69. The number of alkyl carbamates (subject to hydrolysis) is 3. The van der Waals surface area contributed by atoms with Crippen molar-refractivity contribution >= 4 is 52.1 Å². The fourth-order valence-electron chi connectivity index (χ4n) is 11.1. The molecule has 3 fully saturated rings. The molecule has 6 amide bonds. The molecule has 0 bridgehead atoms. The molecular weight excluding hydrogens is 1230 g/mol. The molecule has 2 saturated heterocycles. The van der Waals surface area contributed by atoms with Gasteiger partial charge in [0.25, 0.3) is 0 Å². The van der Waals surface area contributed by atoms with Gasteiger partial charge in [-0.1, -0.05) is 12.1 Å². The van der Waals surface area contributed by atoms with E-state index >= 15 is 8.42 Å². The van der Waals surface area contributed by atoms with Crippen LogP contribution in [0.3, 0.4) is 0 Å². The molecule has 522 valence electrons. The van der Waals surface area contributed by atoms with Crippen LogP contribution in [-0.2, 0) is 52.7 Å². The zero-order valence-electron chi connectivity index (χ0n) is 56.5. The number of carbonyl (C=O) groups is 6. The molecule has 3 heterocycles. The zero-order chi connectivity index (χ0) is 69.4.